The summed E-state index contributed by atoms with van der Waals surface area (Å²) in [7, 11) is 3.62. The minimum atomic E-state index is -0.168. The van der Waals surface area contributed by atoms with Crippen LogP contribution in [-0.2, 0) is 11.8 Å². The van der Waals surface area contributed by atoms with Gasteiger partial charge in [0.05, 0.1) is 12.7 Å². The van der Waals surface area contributed by atoms with E-state index >= 15 is 0 Å². The van der Waals surface area contributed by atoms with Crippen LogP contribution in [-0.4, -0.2) is 45.4 Å². The average molecular weight is 379 g/mol. The Morgan fingerprint density at radius 2 is 2.21 bits per heavy atom. The lowest BCUT2D eigenvalue weighted by molar-refractivity contribution is 0.0314. The van der Waals surface area contributed by atoms with Gasteiger partial charge in [0.15, 0.2) is 5.82 Å². The van der Waals surface area contributed by atoms with Gasteiger partial charge in [-0.05, 0) is 37.5 Å². The first-order valence-corrected chi connectivity index (χ1v) is 9.45. The van der Waals surface area contributed by atoms with Crippen molar-refractivity contribution in [2.45, 2.75) is 25.4 Å². The van der Waals surface area contributed by atoms with Crippen LogP contribution < -0.4 is 10.1 Å². The number of imidazole rings is 1. The molecule has 1 N–H and O–H groups in total. The summed E-state index contributed by atoms with van der Waals surface area (Å²) < 4.78 is 13.2. The Morgan fingerprint density at radius 3 is 2.93 bits per heavy atom. The molecular formula is C21H25N5O2. The van der Waals surface area contributed by atoms with Crippen LogP contribution in [0.1, 0.15) is 19.8 Å². The van der Waals surface area contributed by atoms with Gasteiger partial charge in [0, 0.05) is 44.4 Å². The van der Waals surface area contributed by atoms with E-state index in [2.05, 4.69) is 22.2 Å². The number of aromatic nitrogens is 4. The Hall–Kier alpha value is -2.93. The maximum absolute atomic E-state index is 5.85. The second kappa shape index (κ2) is 7.59. The number of benzene rings is 1. The Morgan fingerprint density at radius 1 is 1.32 bits per heavy atom. The van der Waals surface area contributed by atoms with Gasteiger partial charge in [0.2, 0.25) is 5.95 Å². The number of hydrogen-bond donors (Lipinski definition) is 1. The zero-order valence-corrected chi connectivity index (χ0v) is 16.5. The fourth-order valence-electron chi connectivity index (χ4n) is 3.48. The van der Waals surface area contributed by atoms with Crippen molar-refractivity contribution in [3.8, 4) is 28.4 Å². The summed E-state index contributed by atoms with van der Waals surface area (Å²) in [5.41, 5.74) is 2.49. The molecule has 0 spiro atoms. The molecule has 1 saturated heterocycles. The fourth-order valence-corrected chi connectivity index (χ4v) is 3.48. The number of ether oxygens (including phenoxy) is 2. The highest BCUT2D eigenvalue weighted by molar-refractivity contribution is 5.78. The predicted octanol–water partition coefficient (Wildman–Crippen LogP) is 3.53. The van der Waals surface area contributed by atoms with Gasteiger partial charge in [-0.15, -0.1) is 0 Å². The highest BCUT2D eigenvalue weighted by Crippen LogP contribution is 2.32. The van der Waals surface area contributed by atoms with Gasteiger partial charge in [-0.3, -0.25) is 0 Å². The highest BCUT2D eigenvalue weighted by Gasteiger charge is 2.29. The van der Waals surface area contributed by atoms with Crippen LogP contribution in [0.3, 0.4) is 0 Å². The number of nitrogens with one attached hydrogen (secondary N) is 1. The maximum Gasteiger partial charge on any atom is 0.223 e. The van der Waals surface area contributed by atoms with Crippen molar-refractivity contribution in [3.63, 3.8) is 0 Å². The lowest BCUT2D eigenvalue weighted by atomic mass is 10.0. The third kappa shape index (κ3) is 3.71. The average Bonchev–Trinajstić information content (AvgIpc) is 3.35. The monoisotopic (exact) mass is 379 g/mol. The smallest absolute Gasteiger partial charge is 0.223 e. The van der Waals surface area contributed by atoms with E-state index in [9.17, 15) is 0 Å². The lowest BCUT2D eigenvalue weighted by Gasteiger charge is -2.23. The van der Waals surface area contributed by atoms with E-state index in [1.54, 1.807) is 13.3 Å². The first kappa shape index (κ1) is 18.4. The van der Waals surface area contributed by atoms with Crippen molar-refractivity contribution in [2.75, 3.05) is 25.6 Å². The molecule has 1 aromatic carbocycles. The van der Waals surface area contributed by atoms with Crippen molar-refractivity contribution in [1.82, 2.24) is 19.5 Å². The van der Waals surface area contributed by atoms with Gasteiger partial charge >= 0.3 is 0 Å². The zero-order valence-electron chi connectivity index (χ0n) is 16.5. The topological polar surface area (TPSA) is 74.1 Å². The Labute approximate surface area is 164 Å². The molecule has 1 unspecified atom stereocenters. The van der Waals surface area contributed by atoms with E-state index in [-0.39, 0.29) is 5.60 Å². The quantitative estimate of drug-likeness (QED) is 0.706. The molecule has 0 radical (unpaired) electrons. The number of hydrogen-bond acceptors (Lipinski definition) is 6. The molecule has 2 aromatic heterocycles. The Balaban J connectivity index is 1.71. The molecule has 1 atom stereocenters. The Bertz CT molecular complexity index is 963. The fraction of sp³-hybridized carbons (Fsp3) is 0.381. The number of methoxy groups -OCH3 is 1. The van der Waals surface area contributed by atoms with Crippen molar-refractivity contribution in [3.05, 3.63) is 42.9 Å². The summed E-state index contributed by atoms with van der Waals surface area (Å²) in [6.07, 6.45) is 7.65. The number of rotatable bonds is 6. The largest absolute Gasteiger partial charge is 0.497 e. The predicted molar refractivity (Wildman–Crippen MR) is 108 cm³/mol. The molecular weight excluding hydrogens is 354 g/mol. The van der Waals surface area contributed by atoms with Crippen LogP contribution in [0.5, 0.6) is 5.75 Å². The van der Waals surface area contributed by atoms with E-state index in [0.29, 0.717) is 12.5 Å². The molecule has 1 aliphatic heterocycles. The van der Waals surface area contributed by atoms with Crippen molar-refractivity contribution >= 4 is 5.95 Å². The maximum atomic E-state index is 5.85. The molecule has 0 amide bonds. The minimum Gasteiger partial charge on any atom is -0.497 e. The molecule has 0 bridgehead atoms. The van der Waals surface area contributed by atoms with Gasteiger partial charge in [0.25, 0.3) is 0 Å². The molecule has 1 aliphatic rings. The summed E-state index contributed by atoms with van der Waals surface area (Å²) in [4.78, 5) is 13.8. The van der Waals surface area contributed by atoms with E-state index in [1.807, 2.05) is 48.3 Å². The van der Waals surface area contributed by atoms with Gasteiger partial charge in [0.1, 0.15) is 11.4 Å². The molecule has 4 rings (SSSR count). The van der Waals surface area contributed by atoms with Crippen LogP contribution >= 0.6 is 0 Å². The third-order valence-electron chi connectivity index (χ3n) is 5.12. The van der Waals surface area contributed by atoms with Gasteiger partial charge in [-0.1, -0.05) is 12.1 Å². The second-order valence-electron chi connectivity index (χ2n) is 7.31. The lowest BCUT2D eigenvalue weighted by Crippen LogP contribution is -2.33. The molecule has 1 fully saturated rings. The molecule has 0 saturated carbocycles. The zero-order chi connectivity index (χ0) is 19.6. The van der Waals surface area contributed by atoms with Gasteiger partial charge in [-0.2, -0.15) is 0 Å². The summed E-state index contributed by atoms with van der Waals surface area (Å²) in [6, 6.07) is 7.88. The minimum absolute atomic E-state index is 0.168. The SMILES string of the molecule is COc1cccc(-c2cnc(NCC3(C)CCCO3)nc2-c2nccn2C)c1. The third-order valence-corrected chi connectivity index (χ3v) is 5.12. The van der Waals surface area contributed by atoms with Crippen molar-refractivity contribution in [1.29, 1.82) is 0 Å². The molecule has 7 nitrogen and oxygen atoms in total. The summed E-state index contributed by atoms with van der Waals surface area (Å²) in [5.74, 6) is 2.14. The Kier molecular flexibility index (Phi) is 5.00. The van der Waals surface area contributed by atoms with E-state index in [0.717, 1.165) is 47.8 Å². The first-order valence-electron chi connectivity index (χ1n) is 9.45. The van der Waals surface area contributed by atoms with Crippen LogP contribution in [0.15, 0.2) is 42.9 Å². The van der Waals surface area contributed by atoms with Crippen LogP contribution in [0, 0.1) is 0 Å². The molecule has 0 aliphatic carbocycles. The van der Waals surface area contributed by atoms with E-state index in [4.69, 9.17) is 14.5 Å². The molecule has 146 valence electrons. The number of nitrogens with zero attached hydrogens (tertiary/aromatic N) is 4. The van der Waals surface area contributed by atoms with Gasteiger partial charge < -0.3 is 19.4 Å². The normalized spacial score (nSPS) is 19.0. The molecule has 28 heavy (non-hydrogen) atoms. The number of anilines is 1. The van der Waals surface area contributed by atoms with Crippen LogP contribution in [0.25, 0.3) is 22.6 Å². The number of aryl methyl sites for hydroxylation is 1. The van der Waals surface area contributed by atoms with Crippen LogP contribution in [0.4, 0.5) is 5.95 Å². The standard InChI is InChI=1S/C21H25N5O2/c1-21(8-5-11-28-21)14-24-20-23-13-17(15-6-4-7-16(12-15)27-3)18(25-20)19-22-9-10-26(19)2/h4,6-7,9-10,12-13H,5,8,11,14H2,1-3H3,(H,23,24,25). The molecule has 7 heteroatoms. The van der Waals surface area contributed by atoms with Crippen molar-refractivity contribution in [2.24, 2.45) is 7.05 Å². The van der Waals surface area contributed by atoms with Crippen molar-refractivity contribution < 1.29 is 9.47 Å². The van der Waals surface area contributed by atoms with Crippen LogP contribution in [0.2, 0.25) is 0 Å². The molecule has 3 heterocycles. The first-order chi connectivity index (χ1) is 13.6. The van der Waals surface area contributed by atoms with E-state index in [1.165, 1.54) is 0 Å². The van der Waals surface area contributed by atoms with E-state index < -0.39 is 0 Å². The summed E-state index contributed by atoms with van der Waals surface area (Å²) >= 11 is 0. The second-order valence-corrected chi connectivity index (χ2v) is 7.31. The highest BCUT2D eigenvalue weighted by atomic mass is 16.5. The van der Waals surface area contributed by atoms with Gasteiger partial charge in [-0.25, -0.2) is 15.0 Å². The molecule has 3 aromatic rings. The summed E-state index contributed by atoms with van der Waals surface area (Å²) in [5, 5.41) is 3.34. The summed E-state index contributed by atoms with van der Waals surface area (Å²) in [6.45, 7) is 3.61.